The molecule has 5 rings (SSSR count). The molecule has 240 valence electrons. The summed E-state index contributed by atoms with van der Waals surface area (Å²) in [5, 5.41) is 1.99. The van der Waals surface area contributed by atoms with E-state index in [0.717, 1.165) is 47.0 Å². The number of hydrogen-bond acceptors (Lipinski definition) is 8. The van der Waals surface area contributed by atoms with Crippen LogP contribution in [-0.2, 0) is 26.0 Å². The van der Waals surface area contributed by atoms with E-state index >= 15 is 0 Å². The smallest absolute Gasteiger partial charge is 0.287 e. The van der Waals surface area contributed by atoms with E-state index in [0.29, 0.717) is 42.6 Å². The molecule has 46 heavy (non-hydrogen) atoms. The molecular weight excluding hydrogens is 625 g/mol. The normalized spacial score (nSPS) is 16.2. The fourth-order valence-electron chi connectivity index (χ4n) is 4.90. The summed E-state index contributed by atoms with van der Waals surface area (Å²) in [6.07, 6.45) is 2.38. The molecule has 2 N–H and O–H groups in total. The lowest BCUT2D eigenvalue weighted by Crippen LogP contribution is -2.31. The molecule has 0 radical (unpaired) electrons. The Labute approximate surface area is 273 Å². The maximum atomic E-state index is 12.9. The van der Waals surface area contributed by atoms with Crippen molar-refractivity contribution in [2.24, 2.45) is 0 Å². The number of ether oxygens (including phenoxy) is 3. The predicted octanol–water partition coefficient (Wildman–Crippen LogP) is 7.59. The van der Waals surface area contributed by atoms with Gasteiger partial charge in [-0.2, -0.15) is 0 Å². The van der Waals surface area contributed by atoms with E-state index < -0.39 is 14.8 Å². The Hall–Kier alpha value is -4.48. The molecule has 1 fully saturated rings. The average molecular weight is 661 g/mol. The van der Waals surface area contributed by atoms with E-state index in [4.69, 9.17) is 14.2 Å². The second-order valence-electron chi connectivity index (χ2n) is 11.0. The summed E-state index contributed by atoms with van der Waals surface area (Å²) in [5.74, 6) is 2.28. The first-order valence-electron chi connectivity index (χ1n) is 15.0. The van der Waals surface area contributed by atoms with Gasteiger partial charge in [0.25, 0.3) is 15.3 Å². The van der Waals surface area contributed by atoms with Gasteiger partial charge in [0, 0.05) is 6.42 Å². The number of aryl methyl sites for hydroxylation is 2. The van der Waals surface area contributed by atoms with E-state index in [-0.39, 0.29) is 16.0 Å². The fraction of sp³-hybridized carbons (Fsp3) is 0.257. The van der Waals surface area contributed by atoms with Crippen LogP contribution < -0.4 is 24.2 Å². The zero-order valence-corrected chi connectivity index (χ0v) is 27.5. The topological polar surface area (TPSA) is 120 Å². The van der Waals surface area contributed by atoms with E-state index in [2.05, 4.69) is 17.0 Å². The van der Waals surface area contributed by atoms with E-state index in [1.54, 1.807) is 55.5 Å². The lowest BCUT2D eigenvalue weighted by atomic mass is 9.99. The van der Waals surface area contributed by atoms with Crippen LogP contribution in [0.5, 0.6) is 23.0 Å². The predicted molar refractivity (Wildman–Crippen MR) is 179 cm³/mol. The second-order valence-corrected chi connectivity index (χ2v) is 14.0. The van der Waals surface area contributed by atoms with Crippen molar-refractivity contribution < 1.29 is 32.2 Å². The highest BCUT2D eigenvalue weighted by Gasteiger charge is 2.45. The Bertz CT molecular complexity index is 1810. The van der Waals surface area contributed by atoms with Crippen LogP contribution in [0.1, 0.15) is 43.4 Å². The van der Waals surface area contributed by atoms with Gasteiger partial charge in [-0.15, -0.1) is 0 Å². The number of amides is 2. The largest absolute Gasteiger partial charge is 0.493 e. The molecule has 11 heteroatoms. The summed E-state index contributed by atoms with van der Waals surface area (Å²) in [4.78, 5) is 24.0. The molecule has 2 amide bonds. The van der Waals surface area contributed by atoms with E-state index in [9.17, 15) is 18.0 Å². The molecule has 0 saturated carbocycles. The second kappa shape index (κ2) is 14.3. The Morgan fingerprint density at radius 2 is 1.52 bits per heavy atom. The van der Waals surface area contributed by atoms with Crippen LogP contribution >= 0.6 is 11.8 Å². The number of hydrogen-bond donors (Lipinski definition) is 2. The average Bonchev–Trinajstić information content (AvgIpc) is 3.31. The lowest BCUT2D eigenvalue weighted by molar-refractivity contribution is -0.121. The number of benzene rings is 4. The van der Waals surface area contributed by atoms with Crippen molar-refractivity contribution in [3.63, 3.8) is 0 Å². The van der Waals surface area contributed by atoms with E-state index in [1.807, 2.05) is 37.3 Å². The van der Waals surface area contributed by atoms with Crippen molar-refractivity contribution >= 4 is 38.6 Å². The molecule has 1 heterocycles. The molecule has 4 aromatic carbocycles. The van der Waals surface area contributed by atoms with E-state index in [1.165, 1.54) is 12.1 Å². The molecule has 0 aliphatic carbocycles. The minimum Gasteiger partial charge on any atom is -0.493 e. The van der Waals surface area contributed by atoms with Crippen molar-refractivity contribution in [1.29, 1.82) is 0 Å². The van der Waals surface area contributed by atoms with Gasteiger partial charge in [-0.25, -0.2) is 8.42 Å². The summed E-state index contributed by atoms with van der Waals surface area (Å²) in [6.45, 7) is 6.57. The minimum atomic E-state index is -3.74. The van der Waals surface area contributed by atoms with Gasteiger partial charge in [0.05, 0.1) is 23.8 Å². The number of imide groups is 1. The third-order valence-electron chi connectivity index (χ3n) is 7.48. The highest BCUT2D eigenvalue weighted by Crippen LogP contribution is 2.41. The van der Waals surface area contributed by atoms with Crippen molar-refractivity contribution in [3.05, 3.63) is 108 Å². The zero-order valence-electron chi connectivity index (χ0n) is 25.9. The third kappa shape index (κ3) is 7.83. The number of nitrogens with one attached hydrogen (secondary N) is 2. The van der Waals surface area contributed by atoms with Gasteiger partial charge in [0.1, 0.15) is 27.7 Å². The van der Waals surface area contributed by atoms with Crippen molar-refractivity contribution in [2.45, 2.75) is 49.7 Å². The van der Waals surface area contributed by atoms with Gasteiger partial charge in [-0.3, -0.25) is 19.6 Å². The van der Waals surface area contributed by atoms with Crippen LogP contribution in [0.25, 0.3) is 0 Å². The molecule has 0 aromatic heterocycles. The Kier molecular flexibility index (Phi) is 10.2. The summed E-state index contributed by atoms with van der Waals surface area (Å²) < 4.78 is 45.4. The summed E-state index contributed by atoms with van der Waals surface area (Å²) in [5.41, 5.74) is 3.13. The molecule has 0 bridgehead atoms. The Balaban J connectivity index is 1.12. The van der Waals surface area contributed by atoms with Crippen LogP contribution in [0, 0.1) is 6.92 Å². The first kappa shape index (κ1) is 32.9. The molecular formula is C35H36N2O7S2. The lowest BCUT2D eigenvalue weighted by Gasteiger charge is -2.19. The minimum absolute atomic E-state index is 0.142. The fourth-order valence-corrected chi connectivity index (χ4v) is 6.94. The molecule has 9 nitrogen and oxygen atoms in total. The molecule has 1 aliphatic rings. The Morgan fingerprint density at radius 3 is 2.20 bits per heavy atom. The van der Waals surface area contributed by atoms with Gasteiger partial charge in [0.15, 0.2) is 0 Å². The number of carbonyl (C=O) groups excluding carboxylic acids is 2. The summed E-state index contributed by atoms with van der Waals surface area (Å²) in [6, 6.07) is 26.4. The van der Waals surface area contributed by atoms with Gasteiger partial charge in [-0.05, 0) is 109 Å². The SMILES string of the molecule is CCCc1cc(Oc2ccc(S(=O)(=O)Nc3ccccc3C)cc2)ccc1OCCCOc1ccc(C2(C)SC(=O)NC2=O)cc1. The highest BCUT2D eigenvalue weighted by molar-refractivity contribution is 8.15. The molecule has 4 aromatic rings. The zero-order chi connectivity index (χ0) is 32.7. The first-order valence-corrected chi connectivity index (χ1v) is 17.3. The van der Waals surface area contributed by atoms with Crippen molar-refractivity contribution in [2.75, 3.05) is 17.9 Å². The Morgan fingerprint density at radius 1 is 0.848 bits per heavy atom. The van der Waals surface area contributed by atoms with Crippen LogP contribution in [0.4, 0.5) is 10.5 Å². The molecule has 1 atom stereocenters. The quantitative estimate of drug-likeness (QED) is 0.133. The van der Waals surface area contributed by atoms with Crippen LogP contribution in [-0.4, -0.2) is 32.8 Å². The van der Waals surface area contributed by atoms with Crippen LogP contribution in [0.2, 0.25) is 0 Å². The number of sulfonamides is 1. The number of para-hydroxylation sites is 1. The summed E-state index contributed by atoms with van der Waals surface area (Å²) in [7, 11) is -3.74. The first-order chi connectivity index (χ1) is 22.1. The molecule has 1 saturated heterocycles. The van der Waals surface area contributed by atoms with Crippen molar-refractivity contribution in [3.8, 4) is 23.0 Å². The number of carbonyl (C=O) groups is 2. The van der Waals surface area contributed by atoms with Gasteiger partial charge in [0.2, 0.25) is 5.91 Å². The van der Waals surface area contributed by atoms with Crippen LogP contribution in [0.3, 0.4) is 0 Å². The van der Waals surface area contributed by atoms with Gasteiger partial charge < -0.3 is 14.2 Å². The maximum Gasteiger partial charge on any atom is 0.287 e. The maximum absolute atomic E-state index is 12.9. The number of rotatable bonds is 14. The highest BCUT2D eigenvalue weighted by atomic mass is 32.2. The number of thioether (sulfide) groups is 1. The summed E-state index contributed by atoms with van der Waals surface area (Å²) >= 11 is 0.977. The third-order valence-corrected chi connectivity index (χ3v) is 9.97. The molecule has 1 unspecified atom stereocenters. The molecule has 0 spiro atoms. The van der Waals surface area contributed by atoms with Gasteiger partial charge in [-0.1, -0.05) is 43.7 Å². The standard InChI is InChI=1S/C35H36N2O7S2/c1-4-8-25-23-29(44-28-15-18-30(19-16-28)46(40,41)37-31-10-6-5-9-24(31)2)17-20-32(25)43-22-7-21-42-27-13-11-26(12-14-27)35(3)33(38)36-34(39)45-35/h5-6,9-20,23,37H,4,7-8,21-22H2,1-3H3,(H,36,38,39). The molecule has 1 aliphatic heterocycles. The van der Waals surface area contributed by atoms with Crippen LogP contribution in [0.15, 0.2) is 95.9 Å². The number of anilines is 1. The van der Waals surface area contributed by atoms with Crippen molar-refractivity contribution in [1.82, 2.24) is 5.32 Å². The van der Waals surface area contributed by atoms with Gasteiger partial charge >= 0.3 is 0 Å². The monoisotopic (exact) mass is 660 g/mol.